The summed E-state index contributed by atoms with van der Waals surface area (Å²) in [5.41, 5.74) is -0.304. The van der Waals surface area contributed by atoms with Crippen molar-refractivity contribution in [1.29, 1.82) is 0 Å². The maximum Gasteiger partial charge on any atom is 0.389 e. The molecule has 7 heteroatoms. The van der Waals surface area contributed by atoms with E-state index >= 15 is 0 Å². The molecule has 1 aromatic rings. The first-order valence-corrected chi connectivity index (χ1v) is 5.13. The highest BCUT2D eigenvalue weighted by Gasteiger charge is 2.26. The summed E-state index contributed by atoms with van der Waals surface area (Å²) in [5.74, 6) is -1.95. The van der Waals surface area contributed by atoms with Gasteiger partial charge in [0, 0.05) is 13.0 Å². The number of amides is 1. The number of aromatic hydroxyl groups is 1. The fraction of sp³-hybridized carbons (Fsp3) is 0.364. The van der Waals surface area contributed by atoms with Gasteiger partial charge in [-0.05, 0) is 24.6 Å². The molecule has 1 aromatic carbocycles. The van der Waals surface area contributed by atoms with E-state index < -0.39 is 30.1 Å². The highest BCUT2D eigenvalue weighted by molar-refractivity contribution is 5.96. The van der Waals surface area contributed by atoms with Crippen molar-refractivity contribution in [2.75, 3.05) is 6.54 Å². The van der Waals surface area contributed by atoms with E-state index in [4.69, 9.17) is 0 Å². The fourth-order valence-electron chi connectivity index (χ4n) is 1.28. The summed E-state index contributed by atoms with van der Waals surface area (Å²) >= 11 is 0. The lowest BCUT2D eigenvalue weighted by Gasteiger charge is -2.08. The van der Waals surface area contributed by atoms with Crippen LogP contribution in [-0.2, 0) is 0 Å². The minimum Gasteiger partial charge on any atom is -0.507 e. The maximum atomic E-state index is 12.8. The predicted octanol–water partition coefficient (Wildman–Crippen LogP) is 2.60. The molecule has 0 fully saturated rings. The quantitative estimate of drug-likeness (QED) is 0.649. The number of phenolic OH excluding ortho intramolecular Hbond substituents is 1. The molecule has 0 atom stereocenters. The Kier molecular flexibility index (Phi) is 4.52. The standard InChI is InChI=1S/C11H11F4NO2/c12-7-2-3-9(17)8(6-7)10(18)16-5-1-4-11(13,14)15/h2-3,6,17H,1,4-5H2,(H,16,18). The van der Waals surface area contributed by atoms with Gasteiger partial charge in [-0.3, -0.25) is 4.79 Å². The van der Waals surface area contributed by atoms with E-state index in [2.05, 4.69) is 5.32 Å². The molecule has 1 rings (SSSR count). The first-order chi connectivity index (χ1) is 8.29. The van der Waals surface area contributed by atoms with E-state index in [-0.39, 0.29) is 18.5 Å². The van der Waals surface area contributed by atoms with E-state index in [0.29, 0.717) is 0 Å². The highest BCUT2D eigenvalue weighted by atomic mass is 19.4. The Hall–Kier alpha value is -1.79. The molecule has 0 saturated heterocycles. The molecule has 0 unspecified atom stereocenters. The third-order valence-corrected chi connectivity index (χ3v) is 2.13. The molecule has 0 aliphatic heterocycles. The van der Waals surface area contributed by atoms with Gasteiger partial charge in [0.1, 0.15) is 11.6 Å². The second kappa shape index (κ2) is 5.70. The third kappa shape index (κ3) is 4.60. The molecule has 2 N–H and O–H groups in total. The molecule has 0 aliphatic rings. The monoisotopic (exact) mass is 265 g/mol. The Balaban J connectivity index is 2.48. The second-order valence-electron chi connectivity index (χ2n) is 3.64. The first-order valence-electron chi connectivity index (χ1n) is 5.13. The highest BCUT2D eigenvalue weighted by Crippen LogP contribution is 2.21. The van der Waals surface area contributed by atoms with Crippen molar-refractivity contribution in [2.45, 2.75) is 19.0 Å². The predicted molar refractivity (Wildman–Crippen MR) is 55.7 cm³/mol. The average Bonchev–Trinajstić information content (AvgIpc) is 2.26. The van der Waals surface area contributed by atoms with Crippen LogP contribution in [0.5, 0.6) is 5.75 Å². The molecule has 0 aliphatic carbocycles. The van der Waals surface area contributed by atoms with Crippen molar-refractivity contribution in [3.05, 3.63) is 29.6 Å². The Morgan fingerprint density at radius 1 is 1.33 bits per heavy atom. The Morgan fingerprint density at radius 3 is 2.61 bits per heavy atom. The smallest absolute Gasteiger partial charge is 0.389 e. The van der Waals surface area contributed by atoms with Gasteiger partial charge in [-0.25, -0.2) is 4.39 Å². The van der Waals surface area contributed by atoms with E-state index in [1.165, 1.54) is 0 Å². The number of alkyl halides is 3. The molecule has 0 bridgehead atoms. The third-order valence-electron chi connectivity index (χ3n) is 2.13. The first kappa shape index (κ1) is 14.3. The van der Waals surface area contributed by atoms with Crippen molar-refractivity contribution in [3.63, 3.8) is 0 Å². The number of benzene rings is 1. The summed E-state index contributed by atoms with van der Waals surface area (Å²) in [6, 6.07) is 2.78. The largest absolute Gasteiger partial charge is 0.507 e. The fourth-order valence-corrected chi connectivity index (χ4v) is 1.28. The minimum absolute atomic E-state index is 0.200. The molecule has 0 aromatic heterocycles. The Bertz CT molecular complexity index is 432. The molecule has 100 valence electrons. The van der Waals surface area contributed by atoms with E-state index in [0.717, 1.165) is 18.2 Å². The number of hydrogen-bond donors (Lipinski definition) is 2. The minimum atomic E-state index is -4.27. The number of carbonyl (C=O) groups excluding carboxylic acids is 1. The van der Waals surface area contributed by atoms with E-state index in [1.807, 2.05) is 0 Å². The lowest BCUT2D eigenvalue weighted by molar-refractivity contribution is -0.135. The van der Waals surface area contributed by atoms with Crippen LogP contribution >= 0.6 is 0 Å². The topological polar surface area (TPSA) is 49.3 Å². The molecule has 0 heterocycles. The SMILES string of the molecule is O=C(NCCCC(F)(F)F)c1cc(F)ccc1O. The average molecular weight is 265 g/mol. The zero-order valence-corrected chi connectivity index (χ0v) is 9.22. The number of hydrogen-bond acceptors (Lipinski definition) is 2. The number of halogens is 4. The van der Waals surface area contributed by atoms with Crippen LogP contribution < -0.4 is 5.32 Å². The van der Waals surface area contributed by atoms with Crippen LogP contribution in [0.1, 0.15) is 23.2 Å². The molecule has 3 nitrogen and oxygen atoms in total. The van der Waals surface area contributed by atoms with Crippen molar-refractivity contribution in [1.82, 2.24) is 5.32 Å². The Morgan fingerprint density at radius 2 is 2.00 bits per heavy atom. The number of phenols is 1. The Labute approximate surface area is 100 Å². The van der Waals surface area contributed by atoms with Crippen molar-refractivity contribution in [2.24, 2.45) is 0 Å². The zero-order chi connectivity index (χ0) is 13.8. The summed E-state index contributed by atoms with van der Waals surface area (Å²) in [6.45, 7) is -0.200. The van der Waals surface area contributed by atoms with Crippen LogP contribution in [-0.4, -0.2) is 23.7 Å². The van der Waals surface area contributed by atoms with E-state index in [9.17, 15) is 27.5 Å². The number of nitrogens with one attached hydrogen (secondary N) is 1. The van der Waals surface area contributed by atoms with Gasteiger partial charge >= 0.3 is 6.18 Å². The van der Waals surface area contributed by atoms with Crippen molar-refractivity contribution in [3.8, 4) is 5.75 Å². The van der Waals surface area contributed by atoms with Crippen molar-refractivity contribution >= 4 is 5.91 Å². The lowest BCUT2D eigenvalue weighted by Crippen LogP contribution is -2.25. The van der Waals surface area contributed by atoms with Gasteiger partial charge in [0.2, 0.25) is 0 Å². The van der Waals surface area contributed by atoms with Crippen LogP contribution in [0.3, 0.4) is 0 Å². The molecule has 1 amide bonds. The van der Waals surface area contributed by atoms with Gasteiger partial charge in [0.05, 0.1) is 5.56 Å². The summed E-state index contributed by atoms with van der Waals surface area (Å²) in [4.78, 5) is 11.4. The maximum absolute atomic E-state index is 12.8. The summed E-state index contributed by atoms with van der Waals surface area (Å²) < 4.78 is 48.3. The summed E-state index contributed by atoms with van der Waals surface area (Å²) in [5, 5.41) is 11.5. The molecule has 0 spiro atoms. The number of rotatable bonds is 4. The molecular formula is C11H11F4NO2. The molecule has 0 saturated carbocycles. The second-order valence-corrected chi connectivity index (χ2v) is 3.64. The van der Waals surface area contributed by atoms with Gasteiger partial charge in [-0.1, -0.05) is 0 Å². The van der Waals surface area contributed by atoms with Crippen LogP contribution in [0.2, 0.25) is 0 Å². The number of carbonyl (C=O) groups is 1. The molecular weight excluding hydrogens is 254 g/mol. The zero-order valence-electron chi connectivity index (χ0n) is 9.22. The van der Waals surface area contributed by atoms with E-state index in [1.54, 1.807) is 0 Å². The van der Waals surface area contributed by atoms with Gasteiger partial charge in [-0.15, -0.1) is 0 Å². The van der Waals surface area contributed by atoms with Crippen LogP contribution in [0.25, 0.3) is 0 Å². The van der Waals surface area contributed by atoms with Crippen LogP contribution in [0, 0.1) is 5.82 Å². The van der Waals surface area contributed by atoms with Crippen LogP contribution in [0.4, 0.5) is 17.6 Å². The van der Waals surface area contributed by atoms with Crippen molar-refractivity contribution < 1.29 is 27.5 Å². The lowest BCUT2D eigenvalue weighted by atomic mass is 10.2. The van der Waals surface area contributed by atoms with Gasteiger partial charge in [0.15, 0.2) is 0 Å². The summed E-state index contributed by atoms with van der Waals surface area (Å²) in [7, 11) is 0. The van der Waals surface area contributed by atoms with Gasteiger partial charge in [-0.2, -0.15) is 13.2 Å². The van der Waals surface area contributed by atoms with Gasteiger partial charge < -0.3 is 10.4 Å². The molecule has 0 radical (unpaired) electrons. The summed E-state index contributed by atoms with van der Waals surface area (Å²) in [6.07, 6.45) is -5.56. The van der Waals surface area contributed by atoms with Gasteiger partial charge in [0.25, 0.3) is 5.91 Å². The normalized spacial score (nSPS) is 11.3. The van der Waals surface area contributed by atoms with Crippen LogP contribution in [0.15, 0.2) is 18.2 Å². The molecule has 18 heavy (non-hydrogen) atoms.